The molecular formula is C16H30ClN5O3S. The molecule has 0 radical (unpaired) electrons. The second kappa shape index (κ2) is 9.16. The average Bonchev–Trinajstić information content (AvgIpc) is 2.79. The molecule has 0 aliphatic carbocycles. The van der Waals surface area contributed by atoms with Gasteiger partial charge in [0.1, 0.15) is 4.90 Å². The van der Waals surface area contributed by atoms with Crippen molar-refractivity contribution >= 4 is 28.3 Å². The fourth-order valence-electron chi connectivity index (χ4n) is 3.48. The van der Waals surface area contributed by atoms with E-state index < -0.39 is 16.1 Å². The van der Waals surface area contributed by atoms with Gasteiger partial charge in [0.2, 0.25) is 15.9 Å². The predicted octanol–water partition coefficient (Wildman–Crippen LogP) is 0.584. The minimum atomic E-state index is -3.80. The summed E-state index contributed by atoms with van der Waals surface area (Å²) in [7, 11) is -0.202. The van der Waals surface area contributed by atoms with Crippen molar-refractivity contribution < 1.29 is 13.2 Å². The Morgan fingerprint density at radius 2 is 2.04 bits per heavy atom. The molecule has 1 aromatic heterocycles. The Morgan fingerprint density at radius 1 is 1.38 bits per heavy atom. The molecule has 0 aromatic carbocycles. The number of halogens is 1. The number of hydrogen-bond acceptors (Lipinski definition) is 5. The highest BCUT2D eigenvalue weighted by Crippen LogP contribution is 2.20. The first-order valence-corrected chi connectivity index (χ1v) is 10.1. The molecule has 26 heavy (non-hydrogen) atoms. The van der Waals surface area contributed by atoms with Crippen LogP contribution in [0.15, 0.2) is 4.90 Å². The van der Waals surface area contributed by atoms with Crippen molar-refractivity contribution in [2.24, 2.45) is 13.0 Å². The van der Waals surface area contributed by atoms with E-state index in [1.54, 1.807) is 32.7 Å². The summed E-state index contributed by atoms with van der Waals surface area (Å²) >= 11 is 0. The van der Waals surface area contributed by atoms with Crippen LogP contribution >= 0.6 is 12.4 Å². The molecule has 150 valence electrons. The summed E-state index contributed by atoms with van der Waals surface area (Å²) in [4.78, 5) is 14.6. The van der Waals surface area contributed by atoms with Crippen molar-refractivity contribution in [3.63, 3.8) is 0 Å². The zero-order valence-electron chi connectivity index (χ0n) is 16.1. The summed E-state index contributed by atoms with van der Waals surface area (Å²) in [6, 6.07) is -0.808. The van der Waals surface area contributed by atoms with E-state index >= 15 is 0 Å². The quantitative estimate of drug-likeness (QED) is 0.719. The van der Waals surface area contributed by atoms with Crippen LogP contribution in [-0.2, 0) is 21.9 Å². The molecule has 1 fully saturated rings. The Hall–Kier alpha value is -1.16. The Balaban J connectivity index is 0.00000338. The molecule has 0 spiro atoms. The smallest absolute Gasteiger partial charge is 0.244 e. The number of rotatable bonds is 6. The monoisotopic (exact) mass is 407 g/mol. The fraction of sp³-hybridized carbons (Fsp3) is 0.750. The Labute approximate surface area is 162 Å². The van der Waals surface area contributed by atoms with E-state index in [0.717, 1.165) is 19.4 Å². The van der Waals surface area contributed by atoms with Crippen LogP contribution in [0.2, 0.25) is 0 Å². The molecular weight excluding hydrogens is 378 g/mol. The van der Waals surface area contributed by atoms with Crippen LogP contribution in [0.4, 0.5) is 0 Å². The first kappa shape index (κ1) is 22.9. The van der Waals surface area contributed by atoms with E-state index in [9.17, 15) is 13.2 Å². The molecule has 2 heterocycles. The number of sulfonamides is 1. The highest BCUT2D eigenvalue weighted by molar-refractivity contribution is 7.89. The average molecular weight is 408 g/mol. The molecule has 8 nitrogen and oxygen atoms in total. The van der Waals surface area contributed by atoms with Crippen LogP contribution < -0.4 is 10.0 Å². The van der Waals surface area contributed by atoms with Crippen LogP contribution in [0.5, 0.6) is 0 Å². The summed E-state index contributed by atoms with van der Waals surface area (Å²) in [6.07, 6.45) is 2.02. The molecule has 0 bridgehead atoms. The van der Waals surface area contributed by atoms with E-state index in [-0.39, 0.29) is 23.2 Å². The van der Waals surface area contributed by atoms with Gasteiger partial charge in [-0.1, -0.05) is 0 Å². The molecule has 2 rings (SSSR count). The summed E-state index contributed by atoms with van der Waals surface area (Å²) < 4.78 is 29.5. The topological polar surface area (TPSA) is 96.3 Å². The standard InChI is InChI=1S/C16H29N5O3S.ClH/c1-11-15(13(3)20(5)18-11)25(23,24)19-12(2)16(22)21-8-6-7-14(10-21)9-17-4;/h12,14,17,19H,6-10H2,1-5H3;1H. The fourth-order valence-corrected chi connectivity index (χ4v) is 5.11. The Kier molecular flexibility index (Phi) is 8.06. The lowest BCUT2D eigenvalue weighted by Gasteiger charge is -2.34. The second-order valence-electron chi connectivity index (χ2n) is 6.82. The van der Waals surface area contributed by atoms with Gasteiger partial charge in [0.25, 0.3) is 0 Å². The van der Waals surface area contributed by atoms with Gasteiger partial charge in [-0.15, -0.1) is 12.4 Å². The number of nitrogens with one attached hydrogen (secondary N) is 2. The second-order valence-corrected chi connectivity index (χ2v) is 8.47. The number of amides is 1. The number of piperidine rings is 1. The van der Waals surface area contributed by atoms with Gasteiger partial charge < -0.3 is 10.2 Å². The van der Waals surface area contributed by atoms with Gasteiger partial charge in [-0.2, -0.15) is 9.82 Å². The Bertz CT molecular complexity index is 732. The summed E-state index contributed by atoms with van der Waals surface area (Å²) in [5.74, 6) is 0.234. The third-order valence-corrected chi connectivity index (χ3v) is 6.53. The van der Waals surface area contributed by atoms with Crippen molar-refractivity contribution in [1.29, 1.82) is 0 Å². The molecule has 2 unspecified atom stereocenters. The number of hydrogen-bond donors (Lipinski definition) is 2. The molecule has 2 atom stereocenters. The first-order chi connectivity index (χ1) is 11.7. The van der Waals surface area contributed by atoms with Crippen LogP contribution in [0.1, 0.15) is 31.2 Å². The van der Waals surface area contributed by atoms with Gasteiger partial charge in [0, 0.05) is 20.1 Å². The number of carbonyl (C=O) groups excluding carboxylic acids is 1. The third kappa shape index (κ3) is 4.97. The van der Waals surface area contributed by atoms with Gasteiger partial charge in [-0.3, -0.25) is 9.48 Å². The highest BCUT2D eigenvalue weighted by atomic mass is 35.5. The van der Waals surface area contributed by atoms with E-state index in [0.29, 0.717) is 30.4 Å². The van der Waals surface area contributed by atoms with Gasteiger partial charge in [0.05, 0.1) is 17.4 Å². The highest BCUT2D eigenvalue weighted by Gasteiger charge is 2.31. The first-order valence-electron chi connectivity index (χ1n) is 8.63. The van der Waals surface area contributed by atoms with Crippen LogP contribution in [0.3, 0.4) is 0 Å². The number of aryl methyl sites for hydroxylation is 2. The zero-order chi connectivity index (χ0) is 18.8. The molecule has 1 saturated heterocycles. The van der Waals surface area contributed by atoms with E-state index in [1.807, 2.05) is 7.05 Å². The molecule has 10 heteroatoms. The lowest BCUT2D eigenvalue weighted by Crippen LogP contribution is -2.50. The number of aromatic nitrogens is 2. The van der Waals surface area contributed by atoms with Gasteiger partial charge >= 0.3 is 0 Å². The summed E-state index contributed by atoms with van der Waals surface area (Å²) in [5, 5.41) is 7.29. The Morgan fingerprint density at radius 3 is 2.58 bits per heavy atom. The van der Waals surface area contributed by atoms with Crippen molar-refractivity contribution in [3.05, 3.63) is 11.4 Å². The molecule has 0 saturated carbocycles. The van der Waals surface area contributed by atoms with Crippen molar-refractivity contribution in [2.75, 3.05) is 26.7 Å². The van der Waals surface area contributed by atoms with Crippen LogP contribution in [-0.4, -0.2) is 61.7 Å². The normalized spacial score (nSPS) is 19.1. The number of carbonyl (C=O) groups is 1. The van der Waals surface area contributed by atoms with Crippen LogP contribution in [0.25, 0.3) is 0 Å². The largest absolute Gasteiger partial charge is 0.341 e. The van der Waals surface area contributed by atoms with Gasteiger partial charge in [-0.25, -0.2) is 8.42 Å². The number of nitrogens with zero attached hydrogens (tertiary/aromatic N) is 3. The summed E-state index contributed by atoms with van der Waals surface area (Å²) in [6.45, 7) is 7.16. The maximum atomic E-state index is 12.7. The molecule has 1 aliphatic rings. The maximum absolute atomic E-state index is 12.7. The van der Waals surface area contributed by atoms with Gasteiger partial charge in [-0.05, 0) is 53.1 Å². The minimum absolute atomic E-state index is 0. The van der Waals surface area contributed by atoms with Gasteiger partial charge in [0.15, 0.2) is 0 Å². The summed E-state index contributed by atoms with van der Waals surface area (Å²) in [5.41, 5.74) is 0.982. The van der Waals surface area contributed by atoms with Crippen LogP contribution in [0, 0.1) is 19.8 Å². The SMILES string of the molecule is CNCC1CCCN(C(=O)C(C)NS(=O)(=O)c2c(C)nn(C)c2C)C1.Cl. The lowest BCUT2D eigenvalue weighted by molar-refractivity contribution is -0.134. The minimum Gasteiger partial charge on any atom is -0.341 e. The zero-order valence-corrected chi connectivity index (χ0v) is 17.7. The van der Waals surface area contributed by atoms with E-state index in [2.05, 4.69) is 15.1 Å². The third-order valence-electron chi connectivity index (χ3n) is 4.74. The van der Waals surface area contributed by atoms with E-state index in [4.69, 9.17) is 0 Å². The molecule has 1 amide bonds. The van der Waals surface area contributed by atoms with E-state index in [1.165, 1.54) is 4.68 Å². The predicted molar refractivity (Wildman–Crippen MR) is 103 cm³/mol. The van der Waals surface area contributed by atoms with Crippen molar-refractivity contribution in [3.8, 4) is 0 Å². The number of likely N-dealkylation sites (tertiary alicyclic amines) is 1. The maximum Gasteiger partial charge on any atom is 0.244 e. The van der Waals surface area contributed by atoms with Crippen molar-refractivity contribution in [2.45, 2.75) is 44.6 Å². The van der Waals surface area contributed by atoms with Crippen molar-refractivity contribution in [1.82, 2.24) is 24.7 Å². The molecule has 2 N–H and O–H groups in total. The molecule has 1 aliphatic heterocycles. The lowest BCUT2D eigenvalue weighted by atomic mass is 9.97. The molecule has 1 aromatic rings.